The van der Waals surface area contributed by atoms with Gasteiger partial charge in [-0.15, -0.1) is 0 Å². The number of amides is 1. The summed E-state index contributed by atoms with van der Waals surface area (Å²) >= 11 is 0. The van der Waals surface area contributed by atoms with E-state index in [1.165, 1.54) is 28.5 Å². The number of hydrogen-bond donors (Lipinski definition) is 1. The highest BCUT2D eigenvalue weighted by Crippen LogP contribution is 2.29. The minimum atomic E-state index is -4.47. The molecule has 36 heavy (non-hydrogen) atoms. The van der Waals surface area contributed by atoms with Gasteiger partial charge in [-0.2, -0.15) is 13.2 Å². The Morgan fingerprint density at radius 1 is 0.972 bits per heavy atom. The standard InChI is InChI=1S/C28H31F3N2O3/c1-35-13-14-36-19-21-6-8-22-7-5-20(15-24(22)16-21)18-33-11-9-26(10-12-33)32-27(34)23-3-2-4-25(17-23)28(29,30)31/h2-8,15-17,26H,9-14,18-19H2,1H3,(H,32,34). The molecule has 0 radical (unpaired) electrons. The van der Waals surface area contributed by atoms with Crippen LogP contribution < -0.4 is 5.32 Å². The molecule has 0 unspecified atom stereocenters. The maximum absolute atomic E-state index is 12.9. The zero-order chi connectivity index (χ0) is 25.5. The molecule has 1 aliphatic heterocycles. The van der Waals surface area contributed by atoms with Crippen molar-refractivity contribution in [2.45, 2.75) is 38.2 Å². The van der Waals surface area contributed by atoms with Gasteiger partial charge in [0.15, 0.2) is 0 Å². The average molecular weight is 501 g/mol. The van der Waals surface area contributed by atoms with Crippen molar-refractivity contribution in [2.24, 2.45) is 0 Å². The molecular weight excluding hydrogens is 469 g/mol. The predicted octanol–water partition coefficient (Wildman–Crippen LogP) is 5.42. The second kappa shape index (κ2) is 11.9. The molecule has 8 heteroatoms. The molecule has 1 N–H and O–H groups in total. The van der Waals surface area contributed by atoms with Gasteiger partial charge in [0, 0.05) is 38.3 Å². The lowest BCUT2D eigenvalue weighted by Gasteiger charge is -2.32. The largest absolute Gasteiger partial charge is 0.416 e. The number of carbonyl (C=O) groups is 1. The summed E-state index contributed by atoms with van der Waals surface area (Å²) in [6.45, 7) is 4.09. The van der Waals surface area contributed by atoms with Crippen LogP contribution in [0.1, 0.15) is 39.9 Å². The normalized spacial score (nSPS) is 15.3. The lowest BCUT2D eigenvalue weighted by Crippen LogP contribution is -2.44. The molecule has 1 amide bonds. The lowest BCUT2D eigenvalue weighted by atomic mass is 10.0. The summed E-state index contributed by atoms with van der Waals surface area (Å²) in [7, 11) is 1.65. The number of fused-ring (bicyclic) bond motifs is 1. The van der Waals surface area contributed by atoms with Crippen molar-refractivity contribution in [1.29, 1.82) is 0 Å². The summed E-state index contributed by atoms with van der Waals surface area (Å²) < 4.78 is 49.5. The SMILES string of the molecule is COCCOCc1ccc2ccc(CN3CCC(NC(=O)c4cccc(C(F)(F)F)c4)CC3)cc2c1. The fourth-order valence-electron chi connectivity index (χ4n) is 4.47. The molecule has 0 aromatic heterocycles. The van der Waals surface area contributed by atoms with Crippen LogP contribution in [0.15, 0.2) is 60.7 Å². The second-order valence-corrected chi connectivity index (χ2v) is 9.16. The van der Waals surface area contributed by atoms with E-state index in [4.69, 9.17) is 9.47 Å². The van der Waals surface area contributed by atoms with E-state index in [1.807, 2.05) is 0 Å². The molecule has 0 saturated carbocycles. The van der Waals surface area contributed by atoms with Gasteiger partial charge in [0.1, 0.15) is 0 Å². The Kier molecular flexibility index (Phi) is 8.61. The molecule has 5 nitrogen and oxygen atoms in total. The number of halogens is 3. The molecule has 0 aliphatic carbocycles. The van der Waals surface area contributed by atoms with Crippen molar-refractivity contribution in [3.8, 4) is 0 Å². The third-order valence-corrected chi connectivity index (χ3v) is 6.45. The number of carbonyl (C=O) groups excluding carboxylic acids is 1. The van der Waals surface area contributed by atoms with Crippen LogP contribution in [0, 0.1) is 0 Å². The number of methoxy groups -OCH3 is 1. The molecule has 1 heterocycles. The van der Waals surface area contributed by atoms with Gasteiger partial charge in [0.2, 0.25) is 0 Å². The van der Waals surface area contributed by atoms with E-state index in [-0.39, 0.29) is 11.6 Å². The number of nitrogens with one attached hydrogen (secondary N) is 1. The fraction of sp³-hybridized carbons (Fsp3) is 0.393. The summed E-state index contributed by atoms with van der Waals surface area (Å²) in [6.07, 6.45) is -2.97. The van der Waals surface area contributed by atoms with E-state index in [9.17, 15) is 18.0 Å². The number of piperidine rings is 1. The molecule has 0 atom stereocenters. The summed E-state index contributed by atoms with van der Waals surface area (Å²) in [5.74, 6) is -0.462. The Labute approximate surface area is 209 Å². The number of rotatable bonds is 9. The minimum absolute atomic E-state index is 0.0342. The van der Waals surface area contributed by atoms with E-state index in [1.54, 1.807) is 7.11 Å². The van der Waals surface area contributed by atoms with Crippen molar-refractivity contribution in [3.63, 3.8) is 0 Å². The van der Waals surface area contributed by atoms with Crippen molar-refractivity contribution >= 4 is 16.7 Å². The molecule has 4 rings (SSSR count). The van der Waals surface area contributed by atoms with Crippen molar-refractivity contribution in [1.82, 2.24) is 10.2 Å². The smallest absolute Gasteiger partial charge is 0.382 e. The van der Waals surface area contributed by atoms with E-state index in [0.29, 0.717) is 19.8 Å². The van der Waals surface area contributed by atoms with Crippen LogP contribution >= 0.6 is 0 Å². The maximum Gasteiger partial charge on any atom is 0.416 e. The first-order valence-corrected chi connectivity index (χ1v) is 12.1. The monoisotopic (exact) mass is 500 g/mol. The van der Waals surface area contributed by atoms with Gasteiger partial charge in [-0.1, -0.05) is 30.3 Å². The Morgan fingerprint density at radius 3 is 2.42 bits per heavy atom. The highest BCUT2D eigenvalue weighted by Gasteiger charge is 2.31. The first-order chi connectivity index (χ1) is 17.3. The highest BCUT2D eigenvalue weighted by atomic mass is 19.4. The zero-order valence-electron chi connectivity index (χ0n) is 20.3. The first kappa shape index (κ1) is 26.1. The van der Waals surface area contributed by atoms with Crippen LogP contribution in [0.25, 0.3) is 10.8 Å². The molecule has 0 spiro atoms. The molecule has 1 saturated heterocycles. The van der Waals surface area contributed by atoms with Gasteiger partial charge in [-0.05, 0) is 65.1 Å². The Hall–Kier alpha value is -2.94. The van der Waals surface area contributed by atoms with Gasteiger partial charge in [-0.3, -0.25) is 9.69 Å². The number of nitrogens with zero attached hydrogens (tertiary/aromatic N) is 1. The third kappa shape index (κ3) is 7.06. The quantitative estimate of drug-likeness (QED) is 0.399. The molecule has 1 fully saturated rings. The van der Waals surface area contributed by atoms with Crippen LogP contribution in [0.4, 0.5) is 13.2 Å². The van der Waals surface area contributed by atoms with Gasteiger partial charge in [0.05, 0.1) is 25.4 Å². The zero-order valence-corrected chi connectivity index (χ0v) is 20.3. The number of ether oxygens (including phenoxy) is 2. The van der Waals surface area contributed by atoms with E-state index < -0.39 is 17.6 Å². The van der Waals surface area contributed by atoms with E-state index >= 15 is 0 Å². The molecule has 3 aromatic carbocycles. The number of alkyl halides is 3. The van der Waals surface area contributed by atoms with Crippen LogP contribution in [-0.4, -0.2) is 50.3 Å². The Bertz CT molecular complexity index is 1170. The third-order valence-electron chi connectivity index (χ3n) is 6.45. The molecule has 0 bridgehead atoms. The highest BCUT2D eigenvalue weighted by molar-refractivity contribution is 5.94. The Morgan fingerprint density at radius 2 is 1.69 bits per heavy atom. The van der Waals surface area contributed by atoms with Gasteiger partial charge >= 0.3 is 6.18 Å². The van der Waals surface area contributed by atoms with Crippen LogP contribution in [0.5, 0.6) is 0 Å². The van der Waals surface area contributed by atoms with Crippen molar-refractivity contribution < 1.29 is 27.4 Å². The Balaban J connectivity index is 1.29. The molecule has 1 aliphatic rings. The number of hydrogen-bond acceptors (Lipinski definition) is 4. The lowest BCUT2D eigenvalue weighted by molar-refractivity contribution is -0.137. The number of likely N-dealkylation sites (tertiary alicyclic amines) is 1. The summed E-state index contributed by atoms with van der Waals surface area (Å²) in [5, 5.41) is 5.25. The maximum atomic E-state index is 12.9. The topological polar surface area (TPSA) is 50.8 Å². The number of benzene rings is 3. The van der Waals surface area contributed by atoms with Gasteiger partial charge in [0.25, 0.3) is 5.91 Å². The fourth-order valence-corrected chi connectivity index (χ4v) is 4.47. The van der Waals surface area contributed by atoms with E-state index in [0.717, 1.165) is 50.2 Å². The minimum Gasteiger partial charge on any atom is -0.382 e. The van der Waals surface area contributed by atoms with Crippen molar-refractivity contribution in [2.75, 3.05) is 33.4 Å². The van der Waals surface area contributed by atoms with Crippen LogP contribution in [-0.2, 0) is 28.8 Å². The van der Waals surface area contributed by atoms with Gasteiger partial charge in [-0.25, -0.2) is 0 Å². The molecular formula is C28H31F3N2O3. The van der Waals surface area contributed by atoms with Crippen molar-refractivity contribution in [3.05, 3.63) is 82.9 Å². The predicted molar refractivity (Wildman–Crippen MR) is 133 cm³/mol. The van der Waals surface area contributed by atoms with Crippen LogP contribution in [0.2, 0.25) is 0 Å². The summed E-state index contributed by atoms with van der Waals surface area (Å²) in [4.78, 5) is 14.8. The van der Waals surface area contributed by atoms with Crippen LogP contribution in [0.3, 0.4) is 0 Å². The summed E-state index contributed by atoms with van der Waals surface area (Å²) in [5.41, 5.74) is 1.55. The second-order valence-electron chi connectivity index (χ2n) is 9.16. The van der Waals surface area contributed by atoms with Gasteiger partial charge < -0.3 is 14.8 Å². The molecule has 192 valence electrons. The summed E-state index contributed by atoms with van der Waals surface area (Å²) in [6, 6.07) is 17.3. The first-order valence-electron chi connectivity index (χ1n) is 12.1. The average Bonchev–Trinajstić information content (AvgIpc) is 2.87. The van der Waals surface area contributed by atoms with E-state index in [2.05, 4.69) is 46.6 Å². The molecule has 3 aromatic rings.